The van der Waals surface area contributed by atoms with E-state index in [0.717, 1.165) is 28.4 Å². The topological polar surface area (TPSA) is 23.6 Å². The number of carbonyl (C=O) groups excluding carboxylic acids is 1. The molecule has 0 saturated carbocycles. The quantitative estimate of drug-likeness (QED) is 0.809. The molecule has 0 spiro atoms. The largest absolute Gasteiger partial charge is 0.308 e. The van der Waals surface area contributed by atoms with Crippen LogP contribution in [0.25, 0.3) is 10.8 Å². The van der Waals surface area contributed by atoms with Crippen molar-refractivity contribution >= 4 is 33.9 Å². The number of benzene rings is 2. The van der Waals surface area contributed by atoms with Crippen molar-refractivity contribution in [3.8, 4) is 0 Å². The van der Waals surface area contributed by atoms with Crippen LogP contribution < -0.4 is 0 Å². The Kier molecular flexibility index (Phi) is 3.28. The Labute approximate surface area is 123 Å². The van der Waals surface area contributed by atoms with Crippen molar-refractivity contribution in [3.63, 3.8) is 0 Å². The van der Waals surface area contributed by atoms with Gasteiger partial charge in [-0.15, -0.1) is 0 Å². The number of likely N-dealkylation sites (N-methyl/N-ethyl adjacent to an activating group) is 1. The molecule has 0 bridgehead atoms. The lowest BCUT2D eigenvalue weighted by molar-refractivity contribution is 0.0843. The number of nitrogens with zero attached hydrogens (tertiary/aromatic N) is 2. The third-order valence-electron chi connectivity index (χ3n) is 3.63. The van der Waals surface area contributed by atoms with E-state index in [0.29, 0.717) is 11.5 Å². The van der Waals surface area contributed by atoms with Gasteiger partial charge < -0.3 is 4.90 Å². The molecule has 102 valence electrons. The van der Waals surface area contributed by atoms with Gasteiger partial charge in [-0.3, -0.25) is 9.69 Å². The van der Waals surface area contributed by atoms with E-state index in [-0.39, 0.29) is 5.91 Å². The Balaban J connectivity index is 2.11. The van der Waals surface area contributed by atoms with Crippen LogP contribution in [0, 0.1) is 0 Å². The van der Waals surface area contributed by atoms with Gasteiger partial charge in [0.25, 0.3) is 5.91 Å². The highest BCUT2D eigenvalue weighted by molar-refractivity contribution is 7.80. The standard InChI is InChI=1S/C16H16N2OS/c1-17(2)9-10-18-15(19)12-7-3-5-11-6-4-8-13(14(11)12)16(18)20/h3-8H,9-10H2,1-2H3. The summed E-state index contributed by atoms with van der Waals surface area (Å²) in [5.74, 6) is 0.0150. The fourth-order valence-electron chi connectivity index (χ4n) is 2.58. The number of rotatable bonds is 3. The van der Waals surface area contributed by atoms with Gasteiger partial charge in [-0.2, -0.15) is 0 Å². The van der Waals surface area contributed by atoms with Crippen molar-refractivity contribution < 1.29 is 4.79 Å². The zero-order chi connectivity index (χ0) is 14.3. The zero-order valence-electron chi connectivity index (χ0n) is 11.6. The van der Waals surface area contributed by atoms with E-state index >= 15 is 0 Å². The lowest BCUT2D eigenvalue weighted by Crippen LogP contribution is -2.43. The second kappa shape index (κ2) is 4.96. The summed E-state index contributed by atoms with van der Waals surface area (Å²) in [4.78, 5) is 17.1. The molecule has 2 aromatic rings. The number of hydrogen-bond acceptors (Lipinski definition) is 3. The molecule has 4 heteroatoms. The molecule has 1 heterocycles. The molecular formula is C16H16N2OS. The molecule has 1 aliphatic rings. The van der Waals surface area contributed by atoms with Gasteiger partial charge in [0.15, 0.2) is 0 Å². The summed E-state index contributed by atoms with van der Waals surface area (Å²) in [6.07, 6.45) is 0. The maximum atomic E-state index is 12.6. The monoisotopic (exact) mass is 284 g/mol. The first-order valence-electron chi connectivity index (χ1n) is 6.62. The number of carbonyl (C=O) groups is 1. The molecule has 1 amide bonds. The lowest BCUT2D eigenvalue weighted by atomic mass is 9.94. The van der Waals surface area contributed by atoms with E-state index in [1.165, 1.54) is 0 Å². The van der Waals surface area contributed by atoms with Gasteiger partial charge in [0, 0.05) is 29.6 Å². The third kappa shape index (κ3) is 2.01. The maximum Gasteiger partial charge on any atom is 0.259 e. The van der Waals surface area contributed by atoms with Crippen LogP contribution in [0.15, 0.2) is 36.4 Å². The minimum Gasteiger partial charge on any atom is -0.308 e. The van der Waals surface area contributed by atoms with Crippen molar-refractivity contribution in [2.24, 2.45) is 0 Å². The smallest absolute Gasteiger partial charge is 0.259 e. The third-order valence-corrected chi connectivity index (χ3v) is 4.07. The van der Waals surface area contributed by atoms with E-state index in [4.69, 9.17) is 12.2 Å². The Hall–Kier alpha value is -1.78. The molecular weight excluding hydrogens is 268 g/mol. The first-order valence-corrected chi connectivity index (χ1v) is 7.03. The molecule has 0 fully saturated rings. The number of hydrogen-bond donors (Lipinski definition) is 0. The van der Waals surface area contributed by atoms with Crippen molar-refractivity contribution in [2.45, 2.75) is 0 Å². The fourth-order valence-corrected chi connectivity index (χ4v) is 2.93. The van der Waals surface area contributed by atoms with Crippen LogP contribution in [-0.4, -0.2) is 47.9 Å². The van der Waals surface area contributed by atoms with Crippen LogP contribution in [-0.2, 0) is 0 Å². The summed E-state index contributed by atoms with van der Waals surface area (Å²) < 4.78 is 0. The van der Waals surface area contributed by atoms with Crippen LogP contribution in [0.2, 0.25) is 0 Å². The van der Waals surface area contributed by atoms with Crippen molar-refractivity contribution in [2.75, 3.05) is 27.2 Å². The SMILES string of the molecule is CN(C)CCN1C(=O)c2cccc3cccc(c23)C1=S. The van der Waals surface area contributed by atoms with Gasteiger partial charge in [0.2, 0.25) is 0 Å². The van der Waals surface area contributed by atoms with Crippen LogP contribution in [0.4, 0.5) is 0 Å². The summed E-state index contributed by atoms with van der Waals surface area (Å²) in [5.41, 5.74) is 1.75. The van der Waals surface area contributed by atoms with E-state index in [9.17, 15) is 4.79 Å². The Morgan fingerprint density at radius 1 is 1.10 bits per heavy atom. The highest BCUT2D eigenvalue weighted by Gasteiger charge is 2.29. The van der Waals surface area contributed by atoms with Gasteiger partial charge >= 0.3 is 0 Å². The normalized spacial score (nSPS) is 14.4. The molecule has 0 saturated heterocycles. The first kappa shape index (κ1) is 13.2. The summed E-state index contributed by atoms with van der Waals surface area (Å²) in [6, 6.07) is 11.9. The average molecular weight is 284 g/mol. The maximum absolute atomic E-state index is 12.6. The van der Waals surface area contributed by atoms with Gasteiger partial charge in [0.1, 0.15) is 4.99 Å². The molecule has 0 atom stereocenters. The lowest BCUT2D eigenvalue weighted by Gasteiger charge is -2.30. The molecule has 3 rings (SSSR count). The van der Waals surface area contributed by atoms with Crippen LogP contribution in [0.5, 0.6) is 0 Å². The molecule has 0 N–H and O–H groups in total. The van der Waals surface area contributed by atoms with Gasteiger partial charge in [0.05, 0.1) is 0 Å². The average Bonchev–Trinajstić information content (AvgIpc) is 2.44. The van der Waals surface area contributed by atoms with Crippen LogP contribution >= 0.6 is 12.2 Å². The minimum absolute atomic E-state index is 0.0150. The Morgan fingerprint density at radius 2 is 1.75 bits per heavy atom. The first-order chi connectivity index (χ1) is 9.59. The van der Waals surface area contributed by atoms with E-state index in [1.807, 2.05) is 50.5 Å². The molecule has 2 aromatic carbocycles. The predicted octanol–water partition coefficient (Wildman–Crippen LogP) is 2.53. The van der Waals surface area contributed by atoms with E-state index in [1.54, 1.807) is 4.90 Å². The summed E-state index contributed by atoms with van der Waals surface area (Å²) >= 11 is 5.53. The highest BCUT2D eigenvalue weighted by atomic mass is 32.1. The fraction of sp³-hybridized carbons (Fsp3) is 0.250. The summed E-state index contributed by atoms with van der Waals surface area (Å²) in [6.45, 7) is 1.42. The second-order valence-corrected chi connectivity index (χ2v) is 5.66. The van der Waals surface area contributed by atoms with Gasteiger partial charge in [-0.05, 0) is 25.5 Å². The summed E-state index contributed by atoms with van der Waals surface area (Å²) in [5, 5.41) is 2.06. The predicted molar refractivity (Wildman–Crippen MR) is 85.2 cm³/mol. The van der Waals surface area contributed by atoms with E-state index in [2.05, 4.69) is 4.90 Å². The highest BCUT2D eigenvalue weighted by Crippen LogP contribution is 2.30. The van der Waals surface area contributed by atoms with Crippen LogP contribution in [0.3, 0.4) is 0 Å². The minimum atomic E-state index is 0.0150. The Bertz CT molecular complexity index is 658. The number of thiocarbonyl (C=S) groups is 1. The summed E-state index contributed by atoms with van der Waals surface area (Å²) in [7, 11) is 3.98. The Morgan fingerprint density at radius 3 is 2.40 bits per heavy atom. The van der Waals surface area contributed by atoms with E-state index < -0.39 is 0 Å². The number of amides is 1. The van der Waals surface area contributed by atoms with Crippen LogP contribution in [0.1, 0.15) is 15.9 Å². The zero-order valence-corrected chi connectivity index (χ0v) is 12.4. The molecule has 3 nitrogen and oxygen atoms in total. The molecule has 0 radical (unpaired) electrons. The van der Waals surface area contributed by atoms with Gasteiger partial charge in [-0.1, -0.05) is 42.5 Å². The second-order valence-electron chi connectivity index (χ2n) is 5.27. The van der Waals surface area contributed by atoms with Crippen molar-refractivity contribution in [3.05, 3.63) is 47.5 Å². The van der Waals surface area contributed by atoms with Gasteiger partial charge in [-0.25, -0.2) is 0 Å². The molecule has 0 aliphatic carbocycles. The molecule has 0 unspecified atom stereocenters. The molecule has 1 aliphatic heterocycles. The van der Waals surface area contributed by atoms with Crippen molar-refractivity contribution in [1.29, 1.82) is 0 Å². The molecule has 0 aromatic heterocycles. The van der Waals surface area contributed by atoms with Crippen molar-refractivity contribution in [1.82, 2.24) is 9.80 Å². The molecule has 20 heavy (non-hydrogen) atoms.